The van der Waals surface area contributed by atoms with Crippen molar-refractivity contribution in [2.45, 2.75) is 44.7 Å². The van der Waals surface area contributed by atoms with Crippen molar-refractivity contribution in [2.24, 2.45) is 0 Å². The molecule has 7 heteroatoms. The van der Waals surface area contributed by atoms with Crippen molar-refractivity contribution in [1.29, 1.82) is 0 Å². The zero-order valence-corrected chi connectivity index (χ0v) is 15.3. The predicted molar refractivity (Wildman–Crippen MR) is 99.2 cm³/mol. The Bertz CT molecular complexity index is 972. The van der Waals surface area contributed by atoms with Crippen molar-refractivity contribution < 1.29 is 4.79 Å². The van der Waals surface area contributed by atoms with Gasteiger partial charge in [-0.3, -0.25) is 9.89 Å². The fraction of sp³-hybridized carbons (Fsp3) is 0.400. The molecule has 0 radical (unpaired) electrons. The molecule has 0 saturated heterocycles. The number of carbonyl (C=O) groups is 1. The number of fused-ring (bicyclic) bond motifs is 1. The van der Waals surface area contributed by atoms with Crippen LogP contribution in [0.1, 0.15) is 58.2 Å². The van der Waals surface area contributed by atoms with E-state index in [0.717, 1.165) is 23.8 Å². The number of nitrogens with zero attached hydrogens (tertiary/aromatic N) is 5. The number of rotatable bonds is 4. The molecule has 3 aromatic rings. The molecule has 0 spiro atoms. The van der Waals surface area contributed by atoms with Crippen LogP contribution in [0.3, 0.4) is 0 Å². The minimum atomic E-state index is -0.0388. The third-order valence-electron chi connectivity index (χ3n) is 5.50. The van der Waals surface area contributed by atoms with Gasteiger partial charge in [0.25, 0.3) is 5.91 Å². The van der Waals surface area contributed by atoms with E-state index in [2.05, 4.69) is 37.1 Å². The van der Waals surface area contributed by atoms with Gasteiger partial charge in [-0.05, 0) is 37.8 Å². The third kappa shape index (κ3) is 3.03. The molecule has 1 fully saturated rings. The number of carbonyl (C=O) groups excluding carboxylic acids is 1. The second-order valence-corrected chi connectivity index (χ2v) is 7.55. The molecule has 7 nitrogen and oxygen atoms in total. The van der Waals surface area contributed by atoms with E-state index in [1.165, 1.54) is 18.4 Å². The Kier molecular flexibility index (Phi) is 3.81. The maximum absolute atomic E-state index is 13.1. The standard InChI is InChI=1S/C20H22N6O/c1-13-21-24-19-12-25(20(27)18-10-17(22-23-18)15-7-8-15)11-16(26(13)19)9-14-5-3-2-4-6-14/h2-6,10,15-16H,7-9,11-12H2,1H3,(H,22,23)/t16-/m1/s1. The molecule has 27 heavy (non-hydrogen) atoms. The first-order valence-corrected chi connectivity index (χ1v) is 9.48. The van der Waals surface area contributed by atoms with Crippen molar-refractivity contribution in [1.82, 2.24) is 29.9 Å². The van der Waals surface area contributed by atoms with Crippen LogP contribution in [0.4, 0.5) is 0 Å². The largest absolute Gasteiger partial charge is 0.328 e. The van der Waals surface area contributed by atoms with Gasteiger partial charge in [0.15, 0.2) is 5.82 Å². The van der Waals surface area contributed by atoms with Gasteiger partial charge in [0.2, 0.25) is 0 Å². The van der Waals surface area contributed by atoms with Gasteiger partial charge in [-0.15, -0.1) is 10.2 Å². The molecule has 1 saturated carbocycles. The van der Waals surface area contributed by atoms with Gasteiger partial charge < -0.3 is 9.47 Å². The summed E-state index contributed by atoms with van der Waals surface area (Å²) in [7, 11) is 0. The number of nitrogens with one attached hydrogen (secondary N) is 1. The summed E-state index contributed by atoms with van der Waals surface area (Å²) in [6, 6.07) is 12.4. The fourth-order valence-corrected chi connectivity index (χ4v) is 3.98. The van der Waals surface area contributed by atoms with Crippen LogP contribution in [0.15, 0.2) is 36.4 Å². The number of aromatic nitrogens is 5. The van der Waals surface area contributed by atoms with E-state index in [9.17, 15) is 4.79 Å². The molecule has 1 amide bonds. The highest BCUT2D eigenvalue weighted by Crippen LogP contribution is 2.39. The molecule has 0 bridgehead atoms. The van der Waals surface area contributed by atoms with Gasteiger partial charge in [0, 0.05) is 18.2 Å². The lowest BCUT2D eigenvalue weighted by Gasteiger charge is -2.34. The molecule has 0 unspecified atom stereocenters. The first kappa shape index (κ1) is 16.2. The number of aromatic amines is 1. The fourth-order valence-electron chi connectivity index (χ4n) is 3.98. The summed E-state index contributed by atoms with van der Waals surface area (Å²) in [4.78, 5) is 14.9. The van der Waals surface area contributed by atoms with E-state index in [4.69, 9.17) is 0 Å². The van der Waals surface area contributed by atoms with Gasteiger partial charge in [0.05, 0.1) is 12.6 Å². The normalized spacial score (nSPS) is 19.1. The highest BCUT2D eigenvalue weighted by molar-refractivity contribution is 5.92. The smallest absolute Gasteiger partial charge is 0.274 e. The second-order valence-electron chi connectivity index (χ2n) is 7.55. The number of benzene rings is 1. The van der Waals surface area contributed by atoms with Crippen LogP contribution in [0.2, 0.25) is 0 Å². The Labute approximate surface area is 157 Å². The number of hydrogen-bond donors (Lipinski definition) is 1. The van der Waals surface area contributed by atoms with Crippen molar-refractivity contribution >= 4 is 5.91 Å². The van der Waals surface area contributed by atoms with Crippen LogP contribution in [0.25, 0.3) is 0 Å². The topological polar surface area (TPSA) is 79.7 Å². The lowest BCUT2D eigenvalue weighted by molar-refractivity contribution is 0.0666. The summed E-state index contributed by atoms with van der Waals surface area (Å²) < 4.78 is 2.18. The third-order valence-corrected chi connectivity index (χ3v) is 5.50. The van der Waals surface area contributed by atoms with E-state index in [1.54, 1.807) is 0 Å². The molecule has 1 aliphatic carbocycles. The van der Waals surface area contributed by atoms with Crippen LogP contribution in [-0.2, 0) is 13.0 Å². The zero-order valence-electron chi connectivity index (χ0n) is 15.3. The van der Waals surface area contributed by atoms with E-state index >= 15 is 0 Å². The monoisotopic (exact) mass is 362 g/mol. The van der Waals surface area contributed by atoms with Crippen LogP contribution in [0.5, 0.6) is 0 Å². The molecule has 2 aliphatic rings. The van der Waals surface area contributed by atoms with Crippen molar-refractivity contribution in [3.05, 3.63) is 65.0 Å². The summed E-state index contributed by atoms with van der Waals surface area (Å²) >= 11 is 0. The second kappa shape index (κ2) is 6.33. The summed E-state index contributed by atoms with van der Waals surface area (Å²) in [6.45, 7) is 3.07. The summed E-state index contributed by atoms with van der Waals surface area (Å²) in [6.07, 6.45) is 3.20. The molecule has 1 N–H and O–H groups in total. The lowest BCUT2D eigenvalue weighted by atomic mass is 10.0. The number of aryl methyl sites for hydroxylation is 1. The summed E-state index contributed by atoms with van der Waals surface area (Å²) in [5.74, 6) is 2.25. The Morgan fingerprint density at radius 2 is 2.04 bits per heavy atom. The van der Waals surface area contributed by atoms with Gasteiger partial charge in [-0.2, -0.15) is 5.10 Å². The highest BCUT2D eigenvalue weighted by Gasteiger charge is 2.33. The zero-order chi connectivity index (χ0) is 18.4. The first-order chi connectivity index (χ1) is 13.2. The Hall–Kier alpha value is -2.96. The number of amides is 1. The number of H-pyrrole nitrogens is 1. The Morgan fingerprint density at radius 3 is 2.81 bits per heavy atom. The molecule has 1 aliphatic heterocycles. The quantitative estimate of drug-likeness (QED) is 0.774. The van der Waals surface area contributed by atoms with Crippen LogP contribution < -0.4 is 0 Å². The van der Waals surface area contributed by atoms with E-state index in [1.807, 2.05) is 36.1 Å². The van der Waals surface area contributed by atoms with Gasteiger partial charge >= 0.3 is 0 Å². The average Bonchev–Trinajstić information content (AvgIpc) is 3.30. The predicted octanol–water partition coefficient (Wildman–Crippen LogP) is 2.63. The Morgan fingerprint density at radius 1 is 1.22 bits per heavy atom. The average molecular weight is 362 g/mol. The molecule has 138 valence electrons. The minimum Gasteiger partial charge on any atom is -0.328 e. The maximum Gasteiger partial charge on any atom is 0.274 e. The van der Waals surface area contributed by atoms with E-state index in [-0.39, 0.29) is 11.9 Å². The van der Waals surface area contributed by atoms with Crippen LogP contribution >= 0.6 is 0 Å². The van der Waals surface area contributed by atoms with Crippen LogP contribution in [-0.4, -0.2) is 42.3 Å². The van der Waals surface area contributed by atoms with E-state index in [0.29, 0.717) is 24.7 Å². The maximum atomic E-state index is 13.1. The molecule has 3 heterocycles. The van der Waals surface area contributed by atoms with Crippen molar-refractivity contribution in [3.63, 3.8) is 0 Å². The molecule has 1 atom stereocenters. The van der Waals surface area contributed by atoms with Crippen LogP contribution in [0, 0.1) is 6.92 Å². The van der Waals surface area contributed by atoms with Gasteiger partial charge in [-0.25, -0.2) is 0 Å². The van der Waals surface area contributed by atoms with Gasteiger partial charge in [-0.1, -0.05) is 30.3 Å². The SMILES string of the molecule is Cc1nnc2n1[C@H](Cc1ccccc1)CN(C(=O)c1cc(C3CC3)[nH]n1)C2. The number of hydrogen-bond acceptors (Lipinski definition) is 4. The van der Waals surface area contributed by atoms with Crippen molar-refractivity contribution in [2.75, 3.05) is 6.54 Å². The minimum absolute atomic E-state index is 0.0388. The van der Waals surface area contributed by atoms with E-state index < -0.39 is 0 Å². The lowest BCUT2D eigenvalue weighted by Crippen LogP contribution is -2.42. The molecule has 2 aromatic heterocycles. The highest BCUT2D eigenvalue weighted by atomic mass is 16.2. The van der Waals surface area contributed by atoms with Gasteiger partial charge in [0.1, 0.15) is 11.5 Å². The summed E-state index contributed by atoms with van der Waals surface area (Å²) in [5.41, 5.74) is 2.82. The van der Waals surface area contributed by atoms with Crippen molar-refractivity contribution in [3.8, 4) is 0 Å². The Balaban J connectivity index is 1.41. The first-order valence-electron chi connectivity index (χ1n) is 9.48. The molecule has 1 aromatic carbocycles. The molecular formula is C20H22N6O. The molecular weight excluding hydrogens is 340 g/mol. The summed E-state index contributed by atoms with van der Waals surface area (Å²) in [5, 5.41) is 15.8. The molecule has 5 rings (SSSR count).